The molecule has 1 aromatic heterocycles. The van der Waals surface area contributed by atoms with Crippen molar-refractivity contribution in [1.29, 1.82) is 0 Å². The number of carbonyl (C=O) groups is 3. The molecule has 2 aromatic carbocycles. The van der Waals surface area contributed by atoms with Gasteiger partial charge in [-0.05, 0) is 43.0 Å². The number of amides is 3. The Morgan fingerprint density at radius 1 is 1.22 bits per heavy atom. The predicted molar refractivity (Wildman–Crippen MR) is 140 cm³/mol. The van der Waals surface area contributed by atoms with E-state index < -0.39 is 12.1 Å². The van der Waals surface area contributed by atoms with E-state index in [0.717, 1.165) is 16.5 Å². The van der Waals surface area contributed by atoms with Crippen molar-refractivity contribution in [1.82, 2.24) is 20.5 Å². The van der Waals surface area contributed by atoms with Gasteiger partial charge in [0.25, 0.3) is 5.91 Å². The van der Waals surface area contributed by atoms with E-state index in [9.17, 15) is 14.4 Å². The Bertz CT molecular complexity index is 1360. The summed E-state index contributed by atoms with van der Waals surface area (Å²) >= 11 is 0. The molecule has 0 bridgehead atoms. The first-order chi connectivity index (χ1) is 18.0. The van der Waals surface area contributed by atoms with Gasteiger partial charge >= 0.3 is 0 Å². The van der Waals surface area contributed by atoms with Crippen LogP contribution in [0.25, 0.3) is 10.9 Å². The number of carbonyl (C=O) groups excluding carboxylic acids is 3. The largest absolute Gasteiger partial charge is 0.496 e. The summed E-state index contributed by atoms with van der Waals surface area (Å²) < 4.78 is 5.44. The van der Waals surface area contributed by atoms with Gasteiger partial charge in [0, 0.05) is 35.8 Å². The molecule has 2 aliphatic heterocycles. The van der Waals surface area contributed by atoms with Crippen LogP contribution in [-0.4, -0.2) is 59.9 Å². The summed E-state index contributed by atoms with van der Waals surface area (Å²) in [6.45, 7) is 1.02. The summed E-state index contributed by atoms with van der Waals surface area (Å²) in [6, 6.07) is 16.0. The second-order valence-corrected chi connectivity index (χ2v) is 9.66. The van der Waals surface area contributed by atoms with Gasteiger partial charge in [-0.15, -0.1) is 6.42 Å². The number of aromatic amines is 1. The van der Waals surface area contributed by atoms with E-state index in [1.165, 1.54) is 0 Å². The van der Waals surface area contributed by atoms with E-state index in [2.05, 4.69) is 21.5 Å². The second kappa shape index (κ2) is 10.4. The molecule has 3 aromatic rings. The Balaban J connectivity index is 1.40. The number of hydrogen-bond donors (Lipinski definition) is 3. The maximum atomic E-state index is 13.8. The number of H-pyrrole nitrogens is 1. The summed E-state index contributed by atoms with van der Waals surface area (Å²) in [7, 11) is 1.59. The number of terminal acetylenes is 1. The van der Waals surface area contributed by atoms with Crippen molar-refractivity contribution >= 4 is 28.6 Å². The molecule has 190 valence electrons. The van der Waals surface area contributed by atoms with Gasteiger partial charge in [-0.3, -0.25) is 14.4 Å². The molecule has 0 aliphatic carbocycles. The molecule has 3 amide bonds. The minimum atomic E-state index is -0.695. The Morgan fingerprint density at radius 2 is 2.03 bits per heavy atom. The minimum absolute atomic E-state index is 0.00436. The number of fused-ring (bicyclic) bond motifs is 1. The van der Waals surface area contributed by atoms with Gasteiger partial charge in [-0.25, -0.2) is 0 Å². The molecule has 8 nitrogen and oxygen atoms in total. The quantitative estimate of drug-likeness (QED) is 0.436. The average molecular weight is 499 g/mol. The highest BCUT2D eigenvalue weighted by molar-refractivity contribution is 6.02. The third kappa shape index (κ3) is 4.90. The van der Waals surface area contributed by atoms with Crippen LogP contribution in [0, 0.1) is 18.3 Å². The number of benzene rings is 2. The molecule has 0 spiro atoms. The Hall–Kier alpha value is -4.25. The normalized spacial score (nSPS) is 21.9. The molecule has 5 rings (SSSR count). The highest BCUT2D eigenvalue weighted by Gasteiger charge is 2.41. The van der Waals surface area contributed by atoms with Crippen molar-refractivity contribution in [2.24, 2.45) is 5.92 Å². The van der Waals surface area contributed by atoms with Crippen LogP contribution in [0.5, 0.6) is 5.75 Å². The molecule has 3 heterocycles. The van der Waals surface area contributed by atoms with E-state index in [4.69, 9.17) is 11.2 Å². The minimum Gasteiger partial charge on any atom is -0.496 e. The van der Waals surface area contributed by atoms with Crippen LogP contribution in [0.2, 0.25) is 0 Å². The fourth-order valence-corrected chi connectivity index (χ4v) is 5.44. The summed E-state index contributed by atoms with van der Waals surface area (Å²) in [5.74, 6) is 2.47. The number of nitrogens with zero attached hydrogens (tertiary/aromatic N) is 1. The van der Waals surface area contributed by atoms with Crippen LogP contribution < -0.4 is 15.4 Å². The van der Waals surface area contributed by atoms with E-state index >= 15 is 0 Å². The first-order valence-corrected chi connectivity index (χ1v) is 12.5. The van der Waals surface area contributed by atoms with Crippen molar-refractivity contribution in [3.63, 3.8) is 0 Å². The number of methoxy groups -OCH3 is 1. The molecule has 37 heavy (non-hydrogen) atoms. The standard InChI is InChI=1S/C29H30N4O4/c1-3-21(14-19-12-13-30-27(19)34)31-28(35)25-15-20(18-8-5-4-6-9-18)17-33(25)29(36)24-16-22-23(32-24)10-7-11-26(22)37-2/h1,4-11,16,19-21,25,32H,12-15,17H2,2H3,(H,30,34)(H,31,35)/t19-,20+,21+,25-/m0/s1. The number of rotatable bonds is 7. The summed E-state index contributed by atoms with van der Waals surface area (Å²) in [6.07, 6.45) is 7.27. The molecule has 2 aliphatic rings. The summed E-state index contributed by atoms with van der Waals surface area (Å²) in [5.41, 5.74) is 2.25. The van der Waals surface area contributed by atoms with Gasteiger partial charge < -0.3 is 25.3 Å². The molecule has 0 saturated carbocycles. The SMILES string of the molecule is C#C[C@H](C[C@@H]1CCNC1=O)NC(=O)[C@@H]1C[C@@H](c2ccccc2)CN1C(=O)c1cc2c(OC)cccc2[nH]1. The van der Waals surface area contributed by atoms with Gasteiger partial charge in [0.1, 0.15) is 17.5 Å². The Labute approximate surface area is 215 Å². The first-order valence-electron chi connectivity index (χ1n) is 12.5. The van der Waals surface area contributed by atoms with Crippen molar-refractivity contribution in [3.05, 3.63) is 65.9 Å². The second-order valence-electron chi connectivity index (χ2n) is 9.66. The zero-order valence-electron chi connectivity index (χ0n) is 20.7. The number of ether oxygens (including phenoxy) is 1. The van der Waals surface area contributed by atoms with Crippen molar-refractivity contribution < 1.29 is 19.1 Å². The van der Waals surface area contributed by atoms with E-state index in [-0.39, 0.29) is 29.6 Å². The fourth-order valence-electron chi connectivity index (χ4n) is 5.44. The zero-order chi connectivity index (χ0) is 25.9. The lowest BCUT2D eigenvalue weighted by molar-refractivity contribution is -0.126. The molecular formula is C29H30N4O4. The molecule has 3 N–H and O–H groups in total. The molecular weight excluding hydrogens is 468 g/mol. The molecule has 2 fully saturated rings. The topological polar surface area (TPSA) is 104 Å². The zero-order valence-corrected chi connectivity index (χ0v) is 20.7. The van der Waals surface area contributed by atoms with Gasteiger partial charge in [0.15, 0.2) is 0 Å². The first kappa shape index (κ1) is 24.4. The van der Waals surface area contributed by atoms with Crippen molar-refractivity contribution in [2.45, 2.75) is 37.3 Å². The van der Waals surface area contributed by atoms with Gasteiger partial charge in [-0.2, -0.15) is 0 Å². The fraction of sp³-hybridized carbons (Fsp3) is 0.345. The third-order valence-corrected chi connectivity index (χ3v) is 7.41. The summed E-state index contributed by atoms with van der Waals surface area (Å²) in [4.78, 5) is 44.1. The van der Waals surface area contributed by atoms with Crippen molar-refractivity contribution in [3.8, 4) is 18.1 Å². The van der Waals surface area contributed by atoms with Crippen LogP contribution >= 0.6 is 0 Å². The monoisotopic (exact) mass is 498 g/mol. The predicted octanol–water partition coefficient (Wildman–Crippen LogP) is 2.82. The maximum absolute atomic E-state index is 13.8. The third-order valence-electron chi connectivity index (χ3n) is 7.41. The Morgan fingerprint density at radius 3 is 2.73 bits per heavy atom. The highest BCUT2D eigenvalue weighted by atomic mass is 16.5. The lowest BCUT2D eigenvalue weighted by Gasteiger charge is -2.25. The van der Waals surface area contributed by atoms with Gasteiger partial charge in [-0.1, -0.05) is 42.3 Å². The summed E-state index contributed by atoms with van der Waals surface area (Å²) in [5, 5.41) is 6.54. The van der Waals surface area contributed by atoms with Crippen LogP contribution in [0.15, 0.2) is 54.6 Å². The molecule has 8 heteroatoms. The van der Waals surface area contributed by atoms with Gasteiger partial charge in [0.2, 0.25) is 11.8 Å². The van der Waals surface area contributed by atoms with Crippen LogP contribution in [0.1, 0.15) is 41.2 Å². The van der Waals surface area contributed by atoms with E-state index in [1.54, 1.807) is 18.1 Å². The van der Waals surface area contributed by atoms with Crippen LogP contribution in [0.3, 0.4) is 0 Å². The number of likely N-dealkylation sites (tertiary alicyclic amines) is 1. The van der Waals surface area contributed by atoms with Crippen molar-refractivity contribution in [2.75, 3.05) is 20.2 Å². The lowest BCUT2D eigenvalue weighted by Crippen LogP contribution is -2.49. The van der Waals surface area contributed by atoms with E-state index in [0.29, 0.717) is 43.8 Å². The highest BCUT2D eigenvalue weighted by Crippen LogP contribution is 2.34. The Kier molecular flexibility index (Phi) is 6.87. The van der Waals surface area contributed by atoms with Crippen LogP contribution in [-0.2, 0) is 9.59 Å². The smallest absolute Gasteiger partial charge is 0.271 e. The lowest BCUT2D eigenvalue weighted by atomic mass is 9.95. The van der Waals surface area contributed by atoms with E-state index in [1.807, 2.05) is 48.5 Å². The molecule has 2 saturated heterocycles. The number of aromatic nitrogens is 1. The van der Waals surface area contributed by atoms with Gasteiger partial charge in [0.05, 0.1) is 13.2 Å². The van der Waals surface area contributed by atoms with Crippen LogP contribution in [0.4, 0.5) is 0 Å². The molecule has 4 atom stereocenters. The maximum Gasteiger partial charge on any atom is 0.271 e. The molecule has 0 unspecified atom stereocenters. The molecule has 0 radical (unpaired) electrons. The number of nitrogens with one attached hydrogen (secondary N) is 3. The number of hydrogen-bond acceptors (Lipinski definition) is 4. The average Bonchev–Trinajstić information content (AvgIpc) is 3.66.